The van der Waals surface area contributed by atoms with E-state index in [4.69, 9.17) is 4.74 Å². The molecule has 112 valence electrons. The first-order valence-electron chi connectivity index (χ1n) is 7.34. The molecule has 19 heavy (non-hydrogen) atoms. The highest BCUT2D eigenvalue weighted by atomic mass is 32.2. The van der Waals surface area contributed by atoms with Gasteiger partial charge in [-0.1, -0.05) is 13.3 Å². The van der Waals surface area contributed by atoms with Gasteiger partial charge in [0.05, 0.1) is 17.5 Å². The Morgan fingerprint density at radius 2 is 2.05 bits per heavy atom. The summed E-state index contributed by atoms with van der Waals surface area (Å²) < 4.78 is 32.5. The largest absolute Gasteiger partial charge is 0.369 e. The van der Waals surface area contributed by atoms with Gasteiger partial charge in [-0.25, -0.2) is 8.42 Å². The molecule has 2 aliphatic rings. The summed E-state index contributed by atoms with van der Waals surface area (Å²) in [5.41, 5.74) is -0.262. The molecule has 2 aliphatic heterocycles. The van der Waals surface area contributed by atoms with Crippen LogP contribution in [0.5, 0.6) is 0 Å². The standard InChI is InChI=1S/C13H26N2O3S/c1-3-4-9-19(16,17)15-10-12(2)18-13(11-15)5-7-14-8-6-13/h12,14H,3-11H2,1-2H3. The molecule has 0 aromatic carbocycles. The monoisotopic (exact) mass is 290 g/mol. The van der Waals surface area contributed by atoms with Gasteiger partial charge in [-0.05, 0) is 39.3 Å². The van der Waals surface area contributed by atoms with Gasteiger partial charge >= 0.3 is 0 Å². The van der Waals surface area contributed by atoms with Crippen molar-refractivity contribution in [2.45, 2.75) is 51.2 Å². The Morgan fingerprint density at radius 3 is 2.68 bits per heavy atom. The number of sulfonamides is 1. The maximum Gasteiger partial charge on any atom is 0.214 e. The van der Waals surface area contributed by atoms with E-state index in [1.54, 1.807) is 4.31 Å². The minimum absolute atomic E-state index is 0.0109. The first-order valence-corrected chi connectivity index (χ1v) is 8.95. The Balaban J connectivity index is 2.09. The second-order valence-corrected chi connectivity index (χ2v) is 7.91. The molecule has 2 fully saturated rings. The number of morpholine rings is 1. The van der Waals surface area contributed by atoms with E-state index in [-0.39, 0.29) is 17.5 Å². The summed E-state index contributed by atoms with van der Waals surface area (Å²) in [6.45, 7) is 6.86. The summed E-state index contributed by atoms with van der Waals surface area (Å²) in [6.07, 6.45) is 3.44. The fourth-order valence-corrected chi connectivity index (χ4v) is 4.78. The van der Waals surface area contributed by atoms with E-state index in [0.717, 1.165) is 38.8 Å². The van der Waals surface area contributed by atoms with Crippen LogP contribution in [-0.4, -0.2) is 56.4 Å². The number of piperidine rings is 1. The maximum absolute atomic E-state index is 12.4. The van der Waals surface area contributed by atoms with Crippen LogP contribution in [-0.2, 0) is 14.8 Å². The van der Waals surface area contributed by atoms with Crippen LogP contribution in [0.2, 0.25) is 0 Å². The average Bonchev–Trinajstić information content (AvgIpc) is 2.36. The predicted molar refractivity (Wildman–Crippen MR) is 75.6 cm³/mol. The number of hydrogen-bond acceptors (Lipinski definition) is 4. The molecule has 0 saturated carbocycles. The van der Waals surface area contributed by atoms with Gasteiger partial charge in [0.1, 0.15) is 0 Å². The van der Waals surface area contributed by atoms with Crippen LogP contribution >= 0.6 is 0 Å². The van der Waals surface area contributed by atoms with Crippen molar-refractivity contribution in [3.63, 3.8) is 0 Å². The molecule has 1 spiro atoms. The highest BCUT2D eigenvalue weighted by molar-refractivity contribution is 7.89. The van der Waals surface area contributed by atoms with Gasteiger partial charge in [0.15, 0.2) is 0 Å². The summed E-state index contributed by atoms with van der Waals surface area (Å²) in [4.78, 5) is 0. The lowest BCUT2D eigenvalue weighted by molar-refractivity contribution is -0.143. The fourth-order valence-electron chi connectivity index (χ4n) is 3.00. The van der Waals surface area contributed by atoms with Crippen molar-refractivity contribution >= 4 is 10.0 Å². The topological polar surface area (TPSA) is 58.6 Å². The number of rotatable bonds is 4. The van der Waals surface area contributed by atoms with E-state index in [2.05, 4.69) is 5.32 Å². The third-order valence-corrected chi connectivity index (χ3v) is 5.91. The number of ether oxygens (including phenoxy) is 1. The van der Waals surface area contributed by atoms with E-state index >= 15 is 0 Å². The molecule has 0 bridgehead atoms. The first-order chi connectivity index (χ1) is 8.97. The highest BCUT2D eigenvalue weighted by Gasteiger charge is 2.43. The van der Waals surface area contributed by atoms with E-state index in [1.165, 1.54) is 0 Å². The lowest BCUT2D eigenvalue weighted by Gasteiger charge is -2.47. The van der Waals surface area contributed by atoms with Crippen molar-refractivity contribution in [3.8, 4) is 0 Å². The van der Waals surface area contributed by atoms with Crippen molar-refractivity contribution in [1.82, 2.24) is 9.62 Å². The Morgan fingerprint density at radius 1 is 1.37 bits per heavy atom. The molecule has 1 unspecified atom stereocenters. The number of hydrogen-bond donors (Lipinski definition) is 1. The van der Waals surface area contributed by atoms with Gasteiger partial charge in [-0.3, -0.25) is 0 Å². The highest BCUT2D eigenvalue weighted by Crippen LogP contribution is 2.31. The molecular weight excluding hydrogens is 264 g/mol. The summed E-state index contributed by atoms with van der Waals surface area (Å²) >= 11 is 0. The second-order valence-electron chi connectivity index (χ2n) is 5.82. The minimum Gasteiger partial charge on any atom is -0.369 e. The van der Waals surface area contributed by atoms with Gasteiger partial charge in [-0.2, -0.15) is 4.31 Å². The Kier molecular flexibility index (Phi) is 4.87. The molecular formula is C13H26N2O3S. The fraction of sp³-hybridized carbons (Fsp3) is 1.00. The number of unbranched alkanes of at least 4 members (excludes halogenated alkanes) is 1. The zero-order valence-electron chi connectivity index (χ0n) is 12.0. The molecule has 0 radical (unpaired) electrons. The minimum atomic E-state index is -3.12. The molecule has 0 aromatic rings. The van der Waals surface area contributed by atoms with E-state index in [0.29, 0.717) is 13.1 Å². The Bertz CT molecular complexity index is 391. The van der Waals surface area contributed by atoms with E-state index in [9.17, 15) is 8.42 Å². The molecule has 5 nitrogen and oxygen atoms in total. The van der Waals surface area contributed by atoms with Crippen LogP contribution in [0.4, 0.5) is 0 Å². The zero-order valence-corrected chi connectivity index (χ0v) is 12.8. The van der Waals surface area contributed by atoms with Gasteiger partial charge in [0, 0.05) is 13.1 Å². The van der Waals surface area contributed by atoms with Crippen LogP contribution in [0.25, 0.3) is 0 Å². The third kappa shape index (κ3) is 3.68. The summed E-state index contributed by atoms with van der Waals surface area (Å²) in [6, 6.07) is 0. The lowest BCUT2D eigenvalue weighted by atomic mass is 9.90. The molecule has 1 atom stereocenters. The van der Waals surface area contributed by atoms with E-state index < -0.39 is 10.0 Å². The van der Waals surface area contributed by atoms with Crippen molar-refractivity contribution < 1.29 is 13.2 Å². The van der Waals surface area contributed by atoms with Crippen LogP contribution in [0, 0.1) is 0 Å². The zero-order chi connectivity index (χ0) is 13.9. The lowest BCUT2D eigenvalue weighted by Crippen LogP contribution is -2.60. The predicted octanol–water partition coefficient (Wildman–Crippen LogP) is 0.959. The molecule has 1 N–H and O–H groups in total. The second kappa shape index (κ2) is 6.08. The quantitative estimate of drug-likeness (QED) is 0.838. The Hall–Kier alpha value is -0.170. The number of nitrogens with zero attached hydrogens (tertiary/aromatic N) is 1. The Labute approximate surface area is 116 Å². The maximum atomic E-state index is 12.4. The molecule has 6 heteroatoms. The summed E-state index contributed by atoms with van der Waals surface area (Å²) in [5, 5.41) is 3.31. The van der Waals surface area contributed by atoms with Gasteiger partial charge in [0.2, 0.25) is 10.0 Å². The molecule has 2 rings (SSSR count). The molecule has 0 amide bonds. The van der Waals surface area contributed by atoms with Gasteiger partial charge in [0.25, 0.3) is 0 Å². The first kappa shape index (κ1) is 15.2. The van der Waals surface area contributed by atoms with Crippen LogP contribution in [0.1, 0.15) is 39.5 Å². The SMILES string of the molecule is CCCCS(=O)(=O)N1CC(C)OC2(CCNCC2)C1. The smallest absolute Gasteiger partial charge is 0.214 e. The van der Waals surface area contributed by atoms with Gasteiger partial charge < -0.3 is 10.1 Å². The van der Waals surface area contributed by atoms with Crippen molar-refractivity contribution in [2.24, 2.45) is 0 Å². The third-order valence-electron chi connectivity index (χ3n) is 4.04. The van der Waals surface area contributed by atoms with Crippen LogP contribution < -0.4 is 5.32 Å². The van der Waals surface area contributed by atoms with Crippen molar-refractivity contribution in [1.29, 1.82) is 0 Å². The van der Waals surface area contributed by atoms with Crippen molar-refractivity contribution in [2.75, 3.05) is 31.9 Å². The van der Waals surface area contributed by atoms with E-state index in [1.807, 2.05) is 13.8 Å². The number of nitrogens with one attached hydrogen (secondary N) is 1. The van der Waals surface area contributed by atoms with Gasteiger partial charge in [-0.15, -0.1) is 0 Å². The van der Waals surface area contributed by atoms with Crippen LogP contribution in [0.15, 0.2) is 0 Å². The molecule has 2 heterocycles. The molecule has 2 saturated heterocycles. The summed E-state index contributed by atoms with van der Waals surface area (Å²) in [7, 11) is -3.12. The molecule has 0 aliphatic carbocycles. The summed E-state index contributed by atoms with van der Waals surface area (Å²) in [5.74, 6) is 0.268. The van der Waals surface area contributed by atoms with Crippen molar-refractivity contribution in [3.05, 3.63) is 0 Å². The average molecular weight is 290 g/mol. The normalized spacial score (nSPS) is 28.6. The molecule has 0 aromatic heterocycles. The van der Waals surface area contributed by atoms with Crippen LogP contribution in [0.3, 0.4) is 0 Å².